The summed E-state index contributed by atoms with van der Waals surface area (Å²) in [6.07, 6.45) is 2.31. The third-order valence-electron chi connectivity index (χ3n) is 2.68. The van der Waals surface area contributed by atoms with Gasteiger partial charge < -0.3 is 5.32 Å². The quantitative estimate of drug-likeness (QED) is 0.779. The first-order valence-corrected chi connectivity index (χ1v) is 8.60. The number of amides is 1. The number of nitrogens with zero attached hydrogens (tertiary/aromatic N) is 1. The van der Waals surface area contributed by atoms with E-state index in [1.165, 1.54) is 4.90 Å². The number of rotatable bonds is 7. The molecule has 3 nitrogen and oxygen atoms in total. The van der Waals surface area contributed by atoms with Gasteiger partial charge in [-0.15, -0.1) is 23.1 Å². The third-order valence-corrected chi connectivity index (χ3v) is 4.52. The molecule has 0 radical (unpaired) electrons. The van der Waals surface area contributed by atoms with Crippen molar-refractivity contribution in [2.45, 2.75) is 31.1 Å². The van der Waals surface area contributed by atoms with Gasteiger partial charge in [0.25, 0.3) is 0 Å². The number of hydrogen-bond acceptors (Lipinski definition) is 4. The molecule has 0 spiro atoms. The zero-order valence-corrected chi connectivity index (χ0v) is 13.1. The van der Waals surface area contributed by atoms with Crippen molar-refractivity contribution >= 4 is 34.7 Å². The highest BCUT2D eigenvalue weighted by Gasteiger charge is 2.05. The number of hydrogen-bond donors (Lipinski definition) is 1. The van der Waals surface area contributed by atoms with Crippen LogP contribution in [0.3, 0.4) is 0 Å². The number of carbonyl (C=O) groups excluding carboxylic acids is 1. The van der Waals surface area contributed by atoms with Crippen LogP contribution in [0.5, 0.6) is 0 Å². The maximum absolute atomic E-state index is 11.9. The lowest BCUT2D eigenvalue weighted by Gasteiger charge is -2.06. The second kappa shape index (κ2) is 8.07. The van der Waals surface area contributed by atoms with Crippen molar-refractivity contribution in [2.24, 2.45) is 0 Å². The predicted octanol–water partition coefficient (Wildman–Crippen LogP) is 4.22. The fraction of sp³-hybridized carbons (Fsp3) is 0.333. The van der Waals surface area contributed by atoms with E-state index in [0.29, 0.717) is 12.8 Å². The highest BCUT2D eigenvalue weighted by molar-refractivity contribution is 7.99. The molecule has 0 aliphatic heterocycles. The van der Waals surface area contributed by atoms with E-state index in [1.54, 1.807) is 16.8 Å². The van der Waals surface area contributed by atoms with E-state index in [1.807, 2.05) is 35.3 Å². The van der Waals surface area contributed by atoms with Gasteiger partial charge in [0.1, 0.15) is 0 Å². The Morgan fingerprint density at radius 3 is 3.10 bits per heavy atom. The average molecular weight is 306 g/mol. The lowest BCUT2D eigenvalue weighted by molar-refractivity contribution is -0.116. The fourth-order valence-electron chi connectivity index (χ4n) is 1.71. The molecule has 1 amide bonds. The van der Waals surface area contributed by atoms with E-state index < -0.39 is 0 Å². The minimum Gasteiger partial charge on any atom is -0.326 e. The van der Waals surface area contributed by atoms with Gasteiger partial charge in [0.05, 0.1) is 11.2 Å². The zero-order valence-electron chi connectivity index (χ0n) is 11.5. The number of benzene rings is 1. The van der Waals surface area contributed by atoms with E-state index in [0.717, 1.165) is 23.6 Å². The van der Waals surface area contributed by atoms with E-state index in [9.17, 15) is 4.79 Å². The Morgan fingerprint density at radius 1 is 1.45 bits per heavy atom. The molecule has 0 aliphatic rings. The second-order valence-corrected chi connectivity index (χ2v) is 6.29. The number of aromatic nitrogens is 1. The Kier molecular flexibility index (Phi) is 6.08. The molecule has 0 fully saturated rings. The van der Waals surface area contributed by atoms with Crippen LogP contribution >= 0.6 is 23.1 Å². The highest BCUT2D eigenvalue weighted by Crippen LogP contribution is 2.22. The maximum atomic E-state index is 11.9. The van der Waals surface area contributed by atoms with Gasteiger partial charge >= 0.3 is 0 Å². The summed E-state index contributed by atoms with van der Waals surface area (Å²) >= 11 is 3.37. The van der Waals surface area contributed by atoms with E-state index in [2.05, 4.69) is 23.3 Å². The van der Waals surface area contributed by atoms with Crippen LogP contribution in [0, 0.1) is 0 Å². The summed E-state index contributed by atoms with van der Waals surface area (Å²) in [5, 5.41) is 4.93. The molecule has 1 heterocycles. The third kappa shape index (κ3) is 4.98. The molecule has 0 saturated carbocycles. The van der Waals surface area contributed by atoms with E-state index in [-0.39, 0.29) is 5.91 Å². The highest BCUT2D eigenvalue weighted by atomic mass is 32.2. The van der Waals surface area contributed by atoms with Gasteiger partial charge in [-0.25, -0.2) is 4.98 Å². The first-order valence-electron chi connectivity index (χ1n) is 6.67. The van der Waals surface area contributed by atoms with Crippen molar-refractivity contribution in [1.82, 2.24) is 4.98 Å². The molecule has 2 aromatic rings. The predicted molar refractivity (Wildman–Crippen MR) is 86.5 cm³/mol. The van der Waals surface area contributed by atoms with Crippen LogP contribution in [0.1, 0.15) is 25.5 Å². The summed E-state index contributed by atoms with van der Waals surface area (Å²) < 4.78 is 0. The van der Waals surface area contributed by atoms with Crippen molar-refractivity contribution in [3.05, 3.63) is 40.8 Å². The number of anilines is 1. The first kappa shape index (κ1) is 15.1. The average Bonchev–Trinajstić information content (AvgIpc) is 2.97. The normalized spacial score (nSPS) is 10.4. The largest absolute Gasteiger partial charge is 0.326 e. The van der Waals surface area contributed by atoms with Crippen LogP contribution in [-0.2, 0) is 11.2 Å². The van der Waals surface area contributed by atoms with Gasteiger partial charge in [0.15, 0.2) is 0 Å². The van der Waals surface area contributed by atoms with Crippen LogP contribution in [0.2, 0.25) is 0 Å². The van der Waals surface area contributed by atoms with Gasteiger partial charge in [0, 0.05) is 22.4 Å². The van der Waals surface area contributed by atoms with Gasteiger partial charge in [-0.2, -0.15) is 0 Å². The zero-order chi connectivity index (χ0) is 14.2. The minimum atomic E-state index is 0.0376. The molecular weight excluding hydrogens is 288 g/mol. The Morgan fingerprint density at radius 2 is 2.35 bits per heavy atom. The minimum absolute atomic E-state index is 0.0376. The summed E-state index contributed by atoms with van der Waals surface area (Å²) in [7, 11) is 0. The topological polar surface area (TPSA) is 42.0 Å². The number of thiazole rings is 1. The molecule has 0 bridgehead atoms. The van der Waals surface area contributed by atoms with Gasteiger partial charge in [-0.3, -0.25) is 4.79 Å². The van der Waals surface area contributed by atoms with Gasteiger partial charge in [0.2, 0.25) is 5.91 Å². The van der Waals surface area contributed by atoms with E-state index in [4.69, 9.17) is 0 Å². The Bertz CT molecular complexity index is 541. The van der Waals surface area contributed by atoms with Crippen molar-refractivity contribution < 1.29 is 4.79 Å². The molecule has 0 atom stereocenters. The molecule has 0 unspecified atom stereocenters. The molecule has 2 rings (SSSR count). The molecule has 1 aromatic carbocycles. The Balaban J connectivity index is 1.84. The van der Waals surface area contributed by atoms with Crippen LogP contribution in [0.25, 0.3) is 0 Å². The summed E-state index contributed by atoms with van der Waals surface area (Å²) in [5.41, 5.74) is 3.65. The number of thioether (sulfide) groups is 1. The Labute approximate surface area is 127 Å². The molecule has 106 valence electrons. The van der Waals surface area contributed by atoms with Gasteiger partial charge in [-0.05, 0) is 36.8 Å². The summed E-state index contributed by atoms with van der Waals surface area (Å²) in [5.74, 6) is 1.14. The lowest BCUT2D eigenvalue weighted by Crippen LogP contribution is -2.12. The van der Waals surface area contributed by atoms with Crippen LogP contribution in [0.4, 0.5) is 5.69 Å². The van der Waals surface area contributed by atoms with Gasteiger partial charge in [-0.1, -0.05) is 13.0 Å². The smallest absolute Gasteiger partial charge is 0.224 e. The molecule has 0 aliphatic carbocycles. The molecular formula is C15H18N2OS2. The lowest BCUT2D eigenvalue weighted by atomic mass is 10.2. The molecule has 1 N–H and O–H groups in total. The molecule has 5 heteroatoms. The van der Waals surface area contributed by atoms with E-state index >= 15 is 0 Å². The van der Waals surface area contributed by atoms with Crippen molar-refractivity contribution in [3.63, 3.8) is 0 Å². The SMILES string of the molecule is CCCSc1cccc(NC(=O)CCc2cscn2)c1. The maximum Gasteiger partial charge on any atom is 0.224 e. The van der Waals surface area contributed by atoms with Crippen molar-refractivity contribution in [3.8, 4) is 0 Å². The van der Waals surface area contributed by atoms with Crippen molar-refractivity contribution in [1.29, 1.82) is 0 Å². The monoisotopic (exact) mass is 306 g/mol. The summed E-state index contributed by atoms with van der Waals surface area (Å²) in [6, 6.07) is 8.01. The first-order chi connectivity index (χ1) is 9.78. The number of nitrogens with one attached hydrogen (secondary N) is 1. The number of carbonyl (C=O) groups is 1. The number of aryl methyl sites for hydroxylation is 1. The molecule has 20 heavy (non-hydrogen) atoms. The standard InChI is InChI=1S/C15H18N2OS2/c1-2-8-20-14-5-3-4-12(9-14)17-15(18)7-6-13-10-19-11-16-13/h3-5,9-11H,2,6-8H2,1H3,(H,17,18). The summed E-state index contributed by atoms with van der Waals surface area (Å²) in [4.78, 5) is 17.3. The molecule has 0 saturated heterocycles. The Hall–Kier alpha value is -1.33. The van der Waals surface area contributed by atoms with Crippen molar-refractivity contribution in [2.75, 3.05) is 11.1 Å². The molecule has 1 aromatic heterocycles. The van der Waals surface area contributed by atoms with Crippen LogP contribution < -0.4 is 5.32 Å². The second-order valence-electron chi connectivity index (χ2n) is 4.40. The summed E-state index contributed by atoms with van der Waals surface area (Å²) in [6.45, 7) is 2.16. The fourth-order valence-corrected chi connectivity index (χ4v) is 3.13. The van der Waals surface area contributed by atoms with Crippen LogP contribution in [0.15, 0.2) is 40.1 Å². The van der Waals surface area contributed by atoms with Crippen LogP contribution in [-0.4, -0.2) is 16.6 Å².